The summed E-state index contributed by atoms with van der Waals surface area (Å²) in [5, 5.41) is 13.3. The number of rotatable bonds is 5. The van der Waals surface area contributed by atoms with Crippen molar-refractivity contribution in [3.05, 3.63) is 82.2 Å². The molecule has 0 bridgehead atoms. The first-order valence-electron chi connectivity index (χ1n) is 10.8. The molecule has 0 fully saturated rings. The molecule has 4 rings (SSSR count). The van der Waals surface area contributed by atoms with Crippen molar-refractivity contribution in [2.45, 2.75) is 46.1 Å². The van der Waals surface area contributed by atoms with Gasteiger partial charge in [-0.2, -0.15) is 5.26 Å². The molecular formula is C27H28N2O3. The zero-order chi connectivity index (χ0) is 22.9. The number of nitrogens with zero attached hydrogens (tertiary/aromatic N) is 1. The lowest BCUT2D eigenvalue weighted by Crippen LogP contribution is -2.36. The highest BCUT2D eigenvalue weighted by atomic mass is 16.5. The number of dihydropyridines is 1. The Kier molecular flexibility index (Phi) is 5.80. The van der Waals surface area contributed by atoms with E-state index in [0.29, 0.717) is 35.7 Å². The first-order chi connectivity index (χ1) is 15.3. The van der Waals surface area contributed by atoms with E-state index in [1.807, 2.05) is 55.5 Å². The summed E-state index contributed by atoms with van der Waals surface area (Å²) in [5.41, 5.74) is 4.80. The molecule has 1 atom stereocenters. The highest BCUT2D eigenvalue weighted by molar-refractivity contribution is 6.00. The maximum Gasteiger partial charge on any atom is 0.162 e. The third-order valence-electron chi connectivity index (χ3n) is 6.12. The van der Waals surface area contributed by atoms with Crippen LogP contribution in [-0.2, 0) is 11.4 Å². The molecule has 1 unspecified atom stereocenters. The summed E-state index contributed by atoms with van der Waals surface area (Å²) in [6.45, 7) is 6.53. The zero-order valence-electron chi connectivity index (χ0n) is 19.0. The van der Waals surface area contributed by atoms with Gasteiger partial charge < -0.3 is 14.8 Å². The van der Waals surface area contributed by atoms with Gasteiger partial charge in [0.1, 0.15) is 6.61 Å². The first kappa shape index (κ1) is 21.7. The van der Waals surface area contributed by atoms with Gasteiger partial charge in [0.2, 0.25) is 0 Å². The Labute approximate surface area is 189 Å². The van der Waals surface area contributed by atoms with Crippen LogP contribution in [0.3, 0.4) is 0 Å². The van der Waals surface area contributed by atoms with Gasteiger partial charge in [0.25, 0.3) is 0 Å². The molecule has 32 heavy (non-hydrogen) atoms. The summed E-state index contributed by atoms with van der Waals surface area (Å²) in [5.74, 6) is 0.894. The molecule has 1 aliphatic heterocycles. The summed E-state index contributed by atoms with van der Waals surface area (Å²) in [6.07, 6.45) is 1.24. The van der Waals surface area contributed by atoms with E-state index in [2.05, 4.69) is 25.2 Å². The van der Waals surface area contributed by atoms with E-state index < -0.39 is 5.92 Å². The van der Waals surface area contributed by atoms with Gasteiger partial charge >= 0.3 is 0 Å². The second kappa shape index (κ2) is 8.55. The van der Waals surface area contributed by atoms with Gasteiger partial charge in [-0.3, -0.25) is 4.79 Å². The third kappa shape index (κ3) is 4.13. The van der Waals surface area contributed by atoms with Crippen LogP contribution in [0.1, 0.15) is 50.7 Å². The number of ether oxygens (including phenoxy) is 2. The first-order valence-corrected chi connectivity index (χ1v) is 10.8. The van der Waals surface area contributed by atoms with Crippen molar-refractivity contribution >= 4 is 5.78 Å². The fraction of sp³-hybridized carbons (Fsp3) is 0.333. The van der Waals surface area contributed by atoms with Gasteiger partial charge in [-0.25, -0.2) is 0 Å². The molecule has 5 nitrogen and oxygen atoms in total. The molecule has 0 aromatic heterocycles. The van der Waals surface area contributed by atoms with Crippen LogP contribution in [0.5, 0.6) is 11.5 Å². The number of carbonyl (C=O) groups excluding carboxylic acids is 1. The monoisotopic (exact) mass is 428 g/mol. The summed E-state index contributed by atoms with van der Waals surface area (Å²) in [7, 11) is 1.60. The average molecular weight is 429 g/mol. The Morgan fingerprint density at radius 3 is 2.56 bits per heavy atom. The Hall–Kier alpha value is -3.52. The predicted octanol–water partition coefficient (Wildman–Crippen LogP) is 5.40. The number of nitriles is 1. The van der Waals surface area contributed by atoms with Crippen LogP contribution in [-0.4, -0.2) is 12.9 Å². The molecule has 0 radical (unpaired) electrons. The summed E-state index contributed by atoms with van der Waals surface area (Å²) < 4.78 is 11.6. The van der Waals surface area contributed by atoms with Crippen molar-refractivity contribution in [1.82, 2.24) is 5.32 Å². The molecule has 0 amide bonds. The van der Waals surface area contributed by atoms with Crippen molar-refractivity contribution in [2.75, 3.05) is 7.11 Å². The van der Waals surface area contributed by atoms with Gasteiger partial charge in [-0.15, -0.1) is 0 Å². The molecule has 5 heteroatoms. The molecule has 1 heterocycles. The number of benzene rings is 2. The molecule has 0 saturated carbocycles. The standard InChI is InChI=1S/C27H28N2O3/c1-17-20(15-28)25(26-21(29-17)13-27(2,3)14-22(26)30)19-10-11-23(24(12-19)31-4)32-16-18-8-6-5-7-9-18/h5-12,25,29H,13-14,16H2,1-4H3. The summed E-state index contributed by atoms with van der Waals surface area (Å²) in [4.78, 5) is 13.2. The molecule has 164 valence electrons. The Bertz CT molecular complexity index is 1150. The van der Waals surface area contributed by atoms with Gasteiger partial charge in [-0.1, -0.05) is 50.2 Å². The number of carbonyl (C=O) groups is 1. The Morgan fingerprint density at radius 1 is 1.12 bits per heavy atom. The average Bonchev–Trinajstić information content (AvgIpc) is 2.76. The molecule has 1 aliphatic carbocycles. The van der Waals surface area contributed by atoms with Crippen LogP contribution in [0.2, 0.25) is 0 Å². The topological polar surface area (TPSA) is 71.3 Å². The molecule has 2 aromatic rings. The minimum atomic E-state index is -0.406. The molecule has 1 N–H and O–H groups in total. The Morgan fingerprint density at radius 2 is 1.88 bits per heavy atom. The second-order valence-corrected chi connectivity index (χ2v) is 9.23. The molecule has 0 spiro atoms. The largest absolute Gasteiger partial charge is 0.493 e. The van der Waals surface area contributed by atoms with Crippen LogP contribution in [0.15, 0.2) is 71.1 Å². The van der Waals surface area contributed by atoms with E-state index in [9.17, 15) is 10.1 Å². The number of nitrogens with one attached hydrogen (secondary N) is 1. The molecule has 2 aliphatic rings. The molecular weight excluding hydrogens is 400 g/mol. The number of hydrogen-bond donors (Lipinski definition) is 1. The van der Waals surface area contributed by atoms with Gasteiger partial charge in [-0.05, 0) is 42.0 Å². The van der Waals surface area contributed by atoms with Crippen LogP contribution < -0.4 is 14.8 Å². The SMILES string of the molecule is COc1cc(C2C(C#N)=C(C)NC3=C2C(=O)CC(C)(C)C3)ccc1OCc1ccccc1. The van der Waals surface area contributed by atoms with Crippen LogP contribution in [0, 0.1) is 16.7 Å². The maximum absolute atomic E-state index is 13.2. The minimum absolute atomic E-state index is 0.0948. The molecule has 0 saturated heterocycles. The van der Waals surface area contributed by atoms with Crippen LogP contribution in [0.4, 0.5) is 0 Å². The van der Waals surface area contributed by atoms with E-state index in [1.165, 1.54) is 0 Å². The lowest BCUT2D eigenvalue weighted by Gasteiger charge is -2.38. The number of methoxy groups -OCH3 is 1. The minimum Gasteiger partial charge on any atom is -0.493 e. The Balaban J connectivity index is 1.71. The van der Waals surface area contributed by atoms with E-state index in [0.717, 1.165) is 28.9 Å². The van der Waals surface area contributed by atoms with Crippen molar-refractivity contribution < 1.29 is 14.3 Å². The second-order valence-electron chi connectivity index (χ2n) is 9.23. The van der Waals surface area contributed by atoms with E-state index in [1.54, 1.807) is 7.11 Å². The number of Topliss-reactive ketones (excluding diaryl/α,β-unsaturated/α-hetero) is 1. The van der Waals surface area contributed by atoms with E-state index in [4.69, 9.17) is 9.47 Å². The predicted molar refractivity (Wildman–Crippen MR) is 123 cm³/mol. The highest BCUT2D eigenvalue weighted by Crippen LogP contribution is 2.47. The maximum atomic E-state index is 13.2. The number of allylic oxidation sites excluding steroid dienone is 4. The fourth-order valence-electron chi connectivity index (χ4n) is 4.64. The summed E-state index contributed by atoms with van der Waals surface area (Å²) in [6, 6.07) is 17.9. The third-order valence-corrected chi connectivity index (χ3v) is 6.12. The van der Waals surface area contributed by atoms with Crippen molar-refractivity contribution in [3.8, 4) is 17.6 Å². The van der Waals surface area contributed by atoms with Crippen molar-refractivity contribution in [3.63, 3.8) is 0 Å². The fourth-order valence-corrected chi connectivity index (χ4v) is 4.64. The smallest absolute Gasteiger partial charge is 0.162 e. The van der Waals surface area contributed by atoms with Crippen LogP contribution in [0.25, 0.3) is 0 Å². The van der Waals surface area contributed by atoms with Gasteiger partial charge in [0.15, 0.2) is 17.3 Å². The number of hydrogen-bond acceptors (Lipinski definition) is 5. The molecule has 2 aromatic carbocycles. The van der Waals surface area contributed by atoms with E-state index in [-0.39, 0.29) is 11.2 Å². The lowest BCUT2D eigenvalue weighted by atomic mass is 9.69. The van der Waals surface area contributed by atoms with E-state index >= 15 is 0 Å². The quantitative estimate of drug-likeness (QED) is 0.690. The van der Waals surface area contributed by atoms with Crippen LogP contribution >= 0.6 is 0 Å². The lowest BCUT2D eigenvalue weighted by molar-refractivity contribution is -0.118. The number of ketones is 1. The van der Waals surface area contributed by atoms with Crippen molar-refractivity contribution in [1.29, 1.82) is 5.26 Å². The van der Waals surface area contributed by atoms with Gasteiger partial charge in [0.05, 0.1) is 24.7 Å². The van der Waals surface area contributed by atoms with Crippen molar-refractivity contribution in [2.24, 2.45) is 5.41 Å². The van der Waals surface area contributed by atoms with Gasteiger partial charge in [0, 0.05) is 23.4 Å². The normalized spacial score (nSPS) is 19.7. The summed E-state index contributed by atoms with van der Waals surface area (Å²) >= 11 is 0. The zero-order valence-corrected chi connectivity index (χ0v) is 19.0. The highest BCUT2D eigenvalue weighted by Gasteiger charge is 2.41.